The fourth-order valence-corrected chi connectivity index (χ4v) is 2.71. The highest BCUT2D eigenvalue weighted by atomic mass is 79.9. The predicted octanol–water partition coefficient (Wildman–Crippen LogP) is 3.08. The molecule has 7 heteroatoms. The number of para-hydroxylation sites is 1. The molecule has 0 fully saturated rings. The van der Waals surface area contributed by atoms with E-state index < -0.39 is 0 Å². The number of alkyl halides is 1. The third-order valence-corrected chi connectivity index (χ3v) is 4.03. The molecule has 1 aromatic carbocycles. The van der Waals surface area contributed by atoms with E-state index in [1.807, 2.05) is 44.2 Å². The summed E-state index contributed by atoms with van der Waals surface area (Å²) in [5.41, 5.74) is 1.18. The summed E-state index contributed by atoms with van der Waals surface area (Å²) in [6, 6.07) is 9.41. The molecular weight excluding hydrogens is 372 g/mol. The molecule has 0 aliphatic heterocycles. The summed E-state index contributed by atoms with van der Waals surface area (Å²) < 4.78 is 1.59. The van der Waals surface area contributed by atoms with Crippen LogP contribution in [-0.2, 0) is 4.79 Å². The van der Waals surface area contributed by atoms with Crippen molar-refractivity contribution in [2.45, 2.75) is 20.3 Å². The summed E-state index contributed by atoms with van der Waals surface area (Å²) in [5.74, 6) is 0.0959. The second-order valence-corrected chi connectivity index (χ2v) is 5.91. The van der Waals surface area contributed by atoms with Crippen molar-refractivity contribution in [3.63, 3.8) is 0 Å². The monoisotopic (exact) mass is 392 g/mol. The van der Waals surface area contributed by atoms with Gasteiger partial charge in [0.05, 0.1) is 11.9 Å². The number of nitrogens with zero attached hydrogens (tertiary/aromatic N) is 3. The molecule has 0 aliphatic rings. The summed E-state index contributed by atoms with van der Waals surface area (Å²) in [5, 5.41) is 7.69. The van der Waals surface area contributed by atoms with Crippen LogP contribution in [0.15, 0.2) is 36.5 Å². The van der Waals surface area contributed by atoms with Gasteiger partial charge in [0.2, 0.25) is 5.91 Å². The minimum atomic E-state index is -0.168. The van der Waals surface area contributed by atoms with Crippen LogP contribution >= 0.6 is 15.9 Å². The number of aromatic nitrogens is 2. The van der Waals surface area contributed by atoms with E-state index in [1.165, 1.54) is 6.20 Å². The molecule has 0 radical (unpaired) electrons. The second-order valence-electron chi connectivity index (χ2n) is 5.12. The molecule has 2 amide bonds. The van der Waals surface area contributed by atoms with Crippen LogP contribution in [-0.4, -0.2) is 44.9 Å². The number of hydrogen-bond acceptors (Lipinski definition) is 3. The lowest BCUT2D eigenvalue weighted by atomic mass is 10.2. The third kappa shape index (κ3) is 4.03. The Hall–Kier alpha value is -2.15. The number of hydrogen-bond donors (Lipinski definition) is 1. The molecule has 1 N–H and O–H groups in total. The van der Waals surface area contributed by atoms with E-state index in [4.69, 9.17) is 0 Å². The number of rotatable bonds is 7. The molecule has 6 nitrogen and oxygen atoms in total. The molecule has 0 unspecified atom stereocenters. The lowest BCUT2D eigenvalue weighted by molar-refractivity contribution is -0.115. The lowest BCUT2D eigenvalue weighted by Crippen LogP contribution is -2.31. The molecule has 0 aliphatic carbocycles. The molecule has 0 bridgehead atoms. The van der Waals surface area contributed by atoms with Crippen molar-refractivity contribution in [3.05, 3.63) is 42.1 Å². The van der Waals surface area contributed by atoms with E-state index in [2.05, 4.69) is 26.3 Å². The van der Waals surface area contributed by atoms with Gasteiger partial charge in [0.25, 0.3) is 5.91 Å². The summed E-state index contributed by atoms with van der Waals surface area (Å²) in [6.45, 7) is 5.04. The molecule has 0 saturated carbocycles. The first-order chi connectivity index (χ1) is 11.6. The Morgan fingerprint density at radius 2 is 1.88 bits per heavy atom. The van der Waals surface area contributed by atoms with E-state index in [0.717, 1.165) is 5.69 Å². The highest BCUT2D eigenvalue weighted by molar-refractivity contribution is 9.09. The van der Waals surface area contributed by atoms with Crippen molar-refractivity contribution in [1.82, 2.24) is 14.7 Å². The highest BCUT2D eigenvalue weighted by Crippen LogP contribution is 2.22. The first-order valence-corrected chi connectivity index (χ1v) is 9.03. The van der Waals surface area contributed by atoms with Gasteiger partial charge in [0, 0.05) is 24.8 Å². The number of anilines is 1. The largest absolute Gasteiger partial charge is 0.339 e. The quantitative estimate of drug-likeness (QED) is 0.736. The normalized spacial score (nSPS) is 10.5. The van der Waals surface area contributed by atoms with Gasteiger partial charge in [-0.25, -0.2) is 4.68 Å². The van der Waals surface area contributed by atoms with Gasteiger partial charge in [-0.1, -0.05) is 34.1 Å². The van der Waals surface area contributed by atoms with Gasteiger partial charge in [0.15, 0.2) is 0 Å². The summed E-state index contributed by atoms with van der Waals surface area (Å²) in [7, 11) is 0. The zero-order valence-corrected chi connectivity index (χ0v) is 15.4. The van der Waals surface area contributed by atoms with Crippen LogP contribution in [0.3, 0.4) is 0 Å². The summed E-state index contributed by atoms with van der Waals surface area (Å²) >= 11 is 3.25. The minimum Gasteiger partial charge on any atom is -0.339 e. The number of amides is 2. The number of nitrogens with one attached hydrogen (secondary N) is 1. The van der Waals surface area contributed by atoms with Gasteiger partial charge >= 0.3 is 0 Å². The molecule has 128 valence electrons. The van der Waals surface area contributed by atoms with Gasteiger partial charge in [-0.05, 0) is 26.0 Å². The average molecular weight is 393 g/mol. The lowest BCUT2D eigenvalue weighted by Gasteiger charge is -2.19. The van der Waals surface area contributed by atoms with Crippen molar-refractivity contribution < 1.29 is 9.59 Å². The highest BCUT2D eigenvalue weighted by Gasteiger charge is 2.23. The van der Waals surface area contributed by atoms with Crippen molar-refractivity contribution in [1.29, 1.82) is 0 Å². The van der Waals surface area contributed by atoms with Crippen LogP contribution in [0.5, 0.6) is 0 Å². The minimum absolute atomic E-state index is 0.142. The molecule has 0 atom stereocenters. The molecule has 0 saturated heterocycles. The van der Waals surface area contributed by atoms with Gasteiger partial charge in [-0.2, -0.15) is 5.10 Å². The molecule has 24 heavy (non-hydrogen) atoms. The van der Waals surface area contributed by atoms with Crippen LogP contribution in [0, 0.1) is 0 Å². The van der Waals surface area contributed by atoms with Crippen LogP contribution in [0.25, 0.3) is 5.69 Å². The van der Waals surface area contributed by atoms with Crippen molar-refractivity contribution in [2.24, 2.45) is 0 Å². The van der Waals surface area contributed by atoms with Crippen molar-refractivity contribution >= 4 is 33.6 Å². The molecular formula is C17H21BrN4O2. The van der Waals surface area contributed by atoms with Crippen LogP contribution in [0.4, 0.5) is 5.82 Å². The Kier molecular flexibility index (Phi) is 6.54. The number of halogens is 1. The zero-order chi connectivity index (χ0) is 17.5. The van der Waals surface area contributed by atoms with Crippen LogP contribution in [0.1, 0.15) is 30.6 Å². The average Bonchev–Trinajstić information content (AvgIpc) is 3.00. The van der Waals surface area contributed by atoms with E-state index in [-0.39, 0.29) is 11.8 Å². The Labute approximate surface area is 150 Å². The summed E-state index contributed by atoms with van der Waals surface area (Å²) in [4.78, 5) is 26.5. The molecule has 2 rings (SSSR count). The van der Waals surface area contributed by atoms with E-state index in [1.54, 1.807) is 9.58 Å². The second kappa shape index (κ2) is 8.63. The first kappa shape index (κ1) is 18.2. The Morgan fingerprint density at radius 1 is 1.21 bits per heavy atom. The Balaban J connectivity index is 2.46. The topological polar surface area (TPSA) is 67.2 Å². The molecule has 1 heterocycles. The third-order valence-electron chi connectivity index (χ3n) is 3.63. The SMILES string of the molecule is CCN(CC)C(=O)c1cnn(-c2ccccc2)c1NC(=O)CCBr. The maximum Gasteiger partial charge on any atom is 0.259 e. The maximum atomic E-state index is 12.7. The van der Waals surface area contributed by atoms with Gasteiger partial charge in [-0.15, -0.1) is 0 Å². The maximum absolute atomic E-state index is 12.7. The first-order valence-electron chi connectivity index (χ1n) is 7.90. The summed E-state index contributed by atoms with van der Waals surface area (Å²) in [6.07, 6.45) is 1.83. The van der Waals surface area contributed by atoms with Gasteiger partial charge in [-0.3, -0.25) is 9.59 Å². The Bertz CT molecular complexity index is 696. The van der Waals surface area contributed by atoms with Gasteiger partial charge < -0.3 is 10.2 Å². The van der Waals surface area contributed by atoms with Crippen molar-refractivity contribution in [3.8, 4) is 5.69 Å². The van der Waals surface area contributed by atoms with Crippen LogP contribution < -0.4 is 5.32 Å². The molecule has 1 aromatic heterocycles. The number of benzene rings is 1. The van der Waals surface area contributed by atoms with E-state index >= 15 is 0 Å². The Morgan fingerprint density at radius 3 is 2.46 bits per heavy atom. The van der Waals surface area contributed by atoms with E-state index in [0.29, 0.717) is 36.2 Å². The molecule has 0 spiro atoms. The fraction of sp³-hybridized carbons (Fsp3) is 0.353. The number of carbonyl (C=O) groups is 2. The van der Waals surface area contributed by atoms with E-state index in [9.17, 15) is 9.59 Å². The number of carbonyl (C=O) groups excluding carboxylic acids is 2. The fourth-order valence-electron chi connectivity index (χ4n) is 2.35. The predicted molar refractivity (Wildman–Crippen MR) is 97.9 cm³/mol. The zero-order valence-electron chi connectivity index (χ0n) is 13.8. The van der Waals surface area contributed by atoms with Gasteiger partial charge in [0.1, 0.15) is 11.4 Å². The smallest absolute Gasteiger partial charge is 0.259 e. The van der Waals surface area contributed by atoms with Crippen LogP contribution in [0.2, 0.25) is 0 Å². The molecule has 2 aromatic rings. The standard InChI is InChI=1S/C17H21BrN4O2/c1-3-21(4-2)17(24)14-12-19-22(13-8-6-5-7-9-13)16(14)20-15(23)10-11-18/h5-9,12H,3-4,10-11H2,1-2H3,(H,20,23). The van der Waals surface area contributed by atoms with Crippen molar-refractivity contribution in [2.75, 3.05) is 23.7 Å².